The summed E-state index contributed by atoms with van der Waals surface area (Å²) in [5.74, 6) is 0.553. The van der Waals surface area contributed by atoms with Crippen LogP contribution in [0.15, 0.2) is 24.3 Å². The molecule has 2 aromatic rings. The number of rotatable bonds is 4. The maximum absolute atomic E-state index is 10.4. The normalized spacial score (nSPS) is 15.3. The van der Waals surface area contributed by atoms with E-state index in [-0.39, 0.29) is 0 Å². The van der Waals surface area contributed by atoms with E-state index in [1.807, 2.05) is 27.9 Å². The van der Waals surface area contributed by atoms with Crippen LogP contribution in [0.1, 0.15) is 43.2 Å². The number of hydrogen-bond acceptors (Lipinski definition) is 4. The maximum atomic E-state index is 10.4. The van der Waals surface area contributed by atoms with Gasteiger partial charge in [-0.15, -0.1) is 11.3 Å². The molecule has 0 bridgehead atoms. The molecular weight excluding hydrogens is 280 g/mol. The Morgan fingerprint density at radius 1 is 1.19 bits per heavy atom. The van der Waals surface area contributed by atoms with E-state index in [2.05, 4.69) is 29.2 Å². The Hall–Kier alpha value is -1.39. The minimum atomic E-state index is -0.808. The average molecular weight is 302 g/mol. The molecule has 0 amide bonds. The molecule has 0 spiro atoms. The predicted molar refractivity (Wildman–Crippen MR) is 89.1 cm³/mol. The van der Waals surface area contributed by atoms with Gasteiger partial charge in [0.2, 0.25) is 0 Å². The van der Waals surface area contributed by atoms with E-state index in [1.54, 1.807) is 11.3 Å². The van der Waals surface area contributed by atoms with Crippen molar-refractivity contribution in [3.05, 3.63) is 34.8 Å². The lowest BCUT2D eigenvalue weighted by Gasteiger charge is -2.16. The summed E-state index contributed by atoms with van der Waals surface area (Å²) in [5.41, 5.74) is 2.61. The number of aromatic nitrogens is 1. The van der Waals surface area contributed by atoms with Gasteiger partial charge < -0.3 is 10.0 Å². The Bertz CT molecular complexity index is 634. The summed E-state index contributed by atoms with van der Waals surface area (Å²) < 4.78 is 0. The Labute approximate surface area is 130 Å². The zero-order valence-electron chi connectivity index (χ0n) is 13.1. The van der Waals surface area contributed by atoms with Crippen LogP contribution in [-0.2, 0) is 5.60 Å². The number of thiazole rings is 1. The monoisotopic (exact) mass is 302 g/mol. The van der Waals surface area contributed by atoms with Crippen LogP contribution in [0, 0.1) is 0 Å². The lowest BCUT2D eigenvalue weighted by atomic mass is 10.0. The predicted octanol–water partition coefficient (Wildman–Crippen LogP) is 3.98. The second-order valence-corrected chi connectivity index (χ2v) is 7.51. The van der Waals surface area contributed by atoms with Crippen LogP contribution < -0.4 is 4.90 Å². The summed E-state index contributed by atoms with van der Waals surface area (Å²) in [4.78, 5) is 7.94. The van der Waals surface area contributed by atoms with Gasteiger partial charge in [0, 0.05) is 31.3 Å². The molecule has 0 unspecified atom stereocenters. The largest absolute Gasteiger partial charge is 0.385 e. The van der Waals surface area contributed by atoms with E-state index in [0.717, 1.165) is 21.1 Å². The maximum Gasteiger partial charge on any atom is 0.123 e. The van der Waals surface area contributed by atoms with Crippen molar-refractivity contribution >= 4 is 17.0 Å². The summed E-state index contributed by atoms with van der Waals surface area (Å²) >= 11 is 1.63. The third-order valence-electron chi connectivity index (χ3n) is 3.80. The van der Waals surface area contributed by atoms with E-state index < -0.39 is 5.60 Å². The Kier molecular flexibility index (Phi) is 3.54. The van der Waals surface area contributed by atoms with Crippen LogP contribution in [0.4, 0.5) is 5.69 Å². The highest BCUT2D eigenvalue weighted by Crippen LogP contribution is 2.47. The van der Waals surface area contributed by atoms with Crippen LogP contribution in [0.5, 0.6) is 0 Å². The lowest BCUT2D eigenvalue weighted by Crippen LogP contribution is -2.15. The molecule has 0 aliphatic heterocycles. The van der Waals surface area contributed by atoms with Gasteiger partial charge >= 0.3 is 0 Å². The van der Waals surface area contributed by atoms with Crippen molar-refractivity contribution in [3.8, 4) is 10.6 Å². The Morgan fingerprint density at radius 3 is 2.29 bits per heavy atom. The molecule has 0 radical (unpaired) electrons. The smallest absolute Gasteiger partial charge is 0.123 e. The molecule has 3 nitrogen and oxygen atoms in total. The van der Waals surface area contributed by atoms with Crippen LogP contribution >= 0.6 is 11.3 Å². The van der Waals surface area contributed by atoms with E-state index in [9.17, 15) is 5.11 Å². The summed E-state index contributed by atoms with van der Waals surface area (Å²) in [7, 11) is 4.08. The number of nitrogens with zero attached hydrogens (tertiary/aromatic N) is 2. The molecule has 1 heterocycles. The summed E-state index contributed by atoms with van der Waals surface area (Å²) in [6.45, 7) is 3.70. The van der Waals surface area contributed by atoms with Gasteiger partial charge in [-0.1, -0.05) is 0 Å². The highest BCUT2D eigenvalue weighted by atomic mass is 32.1. The Balaban J connectivity index is 1.99. The van der Waals surface area contributed by atoms with Gasteiger partial charge in [-0.25, -0.2) is 4.98 Å². The zero-order chi connectivity index (χ0) is 15.2. The molecule has 0 atom stereocenters. The molecule has 1 aromatic heterocycles. The second-order valence-electron chi connectivity index (χ2n) is 6.51. The number of anilines is 1. The van der Waals surface area contributed by atoms with Crippen molar-refractivity contribution < 1.29 is 5.11 Å². The first kappa shape index (κ1) is 14.5. The van der Waals surface area contributed by atoms with Crippen molar-refractivity contribution in [2.45, 2.75) is 38.2 Å². The molecule has 4 heteroatoms. The van der Waals surface area contributed by atoms with Crippen molar-refractivity contribution in [1.82, 2.24) is 4.98 Å². The van der Waals surface area contributed by atoms with Crippen molar-refractivity contribution in [3.63, 3.8) is 0 Å². The molecule has 3 rings (SSSR count). The van der Waals surface area contributed by atoms with Gasteiger partial charge in [-0.3, -0.25) is 0 Å². The van der Waals surface area contributed by atoms with Crippen LogP contribution in [0.25, 0.3) is 10.6 Å². The third kappa shape index (κ3) is 2.97. The molecule has 1 saturated carbocycles. The van der Waals surface area contributed by atoms with E-state index in [0.29, 0.717) is 5.92 Å². The van der Waals surface area contributed by atoms with Crippen molar-refractivity contribution in [2.75, 3.05) is 19.0 Å². The molecule has 1 N–H and O–H groups in total. The first-order valence-electron chi connectivity index (χ1n) is 7.37. The first-order chi connectivity index (χ1) is 9.86. The molecular formula is C17H22N2OS. The van der Waals surface area contributed by atoms with Gasteiger partial charge in [0.05, 0.1) is 16.2 Å². The SMILES string of the molecule is CN(C)c1ccc(-c2nc(C3CC3)c(C(C)(C)O)s2)cc1. The standard InChI is InChI=1S/C17H22N2OS/c1-17(2,20)15-14(11-5-6-11)18-16(21-15)12-7-9-13(10-8-12)19(3)4/h7-11,20H,5-6H2,1-4H3. The third-order valence-corrected chi connectivity index (χ3v) is 5.24. The fraction of sp³-hybridized carbons (Fsp3) is 0.471. The van der Waals surface area contributed by atoms with E-state index in [4.69, 9.17) is 4.98 Å². The lowest BCUT2D eigenvalue weighted by molar-refractivity contribution is 0.0813. The molecule has 1 aromatic carbocycles. The summed E-state index contributed by atoms with van der Waals surface area (Å²) in [6.07, 6.45) is 2.40. The molecule has 1 fully saturated rings. The molecule has 1 aliphatic rings. The number of aliphatic hydroxyl groups is 1. The number of benzene rings is 1. The summed E-state index contributed by atoms with van der Waals surface area (Å²) in [6, 6.07) is 8.44. The topological polar surface area (TPSA) is 36.4 Å². The van der Waals surface area contributed by atoms with Gasteiger partial charge in [-0.2, -0.15) is 0 Å². The molecule has 21 heavy (non-hydrogen) atoms. The van der Waals surface area contributed by atoms with E-state index >= 15 is 0 Å². The van der Waals surface area contributed by atoms with Crippen molar-refractivity contribution in [2.24, 2.45) is 0 Å². The zero-order valence-corrected chi connectivity index (χ0v) is 13.9. The fourth-order valence-electron chi connectivity index (χ4n) is 2.43. The van der Waals surface area contributed by atoms with Gasteiger partial charge in [0.1, 0.15) is 5.01 Å². The van der Waals surface area contributed by atoms with Gasteiger partial charge in [0.15, 0.2) is 0 Å². The fourth-order valence-corrected chi connectivity index (χ4v) is 3.59. The Morgan fingerprint density at radius 2 is 1.81 bits per heavy atom. The highest BCUT2D eigenvalue weighted by Gasteiger charge is 2.34. The molecule has 1 aliphatic carbocycles. The minimum absolute atomic E-state index is 0.553. The van der Waals surface area contributed by atoms with E-state index in [1.165, 1.54) is 18.5 Å². The molecule has 0 saturated heterocycles. The van der Waals surface area contributed by atoms with Crippen LogP contribution in [0.2, 0.25) is 0 Å². The highest BCUT2D eigenvalue weighted by molar-refractivity contribution is 7.15. The van der Waals surface area contributed by atoms with Crippen LogP contribution in [0.3, 0.4) is 0 Å². The number of hydrogen-bond donors (Lipinski definition) is 1. The van der Waals surface area contributed by atoms with Crippen LogP contribution in [-0.4, -0.2) is 24.2 Å². The summed E-state index contributed by atoms with van der Waals surface area (Å²) in [5, 5.41) is 11.4. The quantitative estimate of drug-likeness (QED) is 0.928. The van der Waals surface area contributed by atoms with Gasteiger partial charge in [0.25, 0.3) is 0 Å². The first-order valence-corrected chi connectivity index (χ1v) is 8.19. The minimum Gasteiger partial charge on any atom is -0.385 e. The average Bonchev–Trinajstić information content (AvgIpc) is 3.16. The second kappa shape index (κ2) is 5.11. The van der Waals surface area contributed by atoms with Crippen molar-refractivity contribution in [1.29, 1.82) is 0 Å². The van der Waals surface area contributed by atoms with Gasteiger partial charge in [-0.05, 0) is 51.0 Å². The molecule has 112 valence electrons.